The smallest absolute Gasteiger partial charge is 0.266 e. The van der Waals surface area contributed by atoms with Crippen LogP contribution in [0.4, 0.5) is 13.2 Å². The molecular weight excluding hydrogens is 268 g/mol. The van der Waals surface area contributed by atoms with Gasteiger partial charge >= 0.3 is 6.18 Å². The molecule has 0 aliphatic carbocycles. The van der Waals surface area contributed by atoms with Crippen molar-refractivity contribution in [1.29, 1.82) is 0 Å². The second-order valence-electron chi connectivity index (χ2n) is 2.95. The summed E-state index contributed by atoms with van der Waals surface area (Å²) < 4.78 is 62.2. The Kier molecular flexibility index (Phi) is 6.71. The van der Waals surface area contributed by atoms with Crippen LogP contribution in [-0.4, -0.2) is 50.8 Å². The van der Waals surface area contributed by atoms with E-state index in [1.165, 1.54) is 24.3 Å². The first-order valence-corrected chi connectivity index (χ1v) is 5.73. The van der Waals surface area contributed by atoms with Gasteiger partial charge in [0, 0.05) is 29.6 Å². The zero-order valence-corrected chi connectivity index (χ0v) is 11.9. The van der Waals surface area contributed by atoms with Gasteiger partial charge in [-0.05, 0) is 12.1 Å². The molecule has 1 rings (SSSR count). The Hall–Kier alpha value is -0.0800. The number of benzene rings is 1. The molecule has 0 aromatic heterocycles. The summed E-state index contributed by atoms with van der Waals surface area (Å²) in [5.74, 6) is 0. The summed E-state index contributed by atoms with van der Waals surface area (Å²) in [6, 6.07) is 7.01. The van der Waals surface area contributed by atoms with Crippen molar-refractivity contribution in [3.8, 4) is 0 Å². The molecule has 0 saturated heterocycles. The van der Waals surface area contributed by atoms with Crippen LogP contribution in [0.25, 0.3) is 0 Å². The van der Waals surface area contributed by atoms with Crippen LogP contribution < -0.4 is 0 Å². The molecule has 3 nitrogen and oxygen atoms in total. The Labute approximate surface area is 119 Å². The Balaban J connectivity index is 0.00000256. The third kappa shape index (κ3) is 6.42. The first kappa shape index (κ1) is 16.9. The summed E-state index contributed by atoms with van der Waals surface area (Å²) >= 11 is 0. The molecule has 8 heteroatoms. The summed E-state index contributed by atoms with van der Waals surface area (Å²) in [5.41, 5.74) is 0. The SMILES string of the molecule is O=S(=O)(OCCC(F)(F)F)c1ccccc1.[Na]. The topological polar surface area (TPSA) is 43.4 Å². The second kappa shape index (κ2) is 6.75. The van der Waals surface area contributed by atoms with Crippen molar-refractivity contribution in [1.82, 2.24) is 0 Å². The van der Waals surface area contributed by atoms with E-state index >= 15 is 0 Å². The summed E-state index contributed by atoms with van der Waals surface area (Å²) in [4.78, 5) is -0.155. The van der Waals surface area contributed by atoms with Gasteiger partial charge in [-0.3, -0.25) is 4.18 Å². The van der Waals surface area contributed by atoms with Gasteiger partial charge in [-0.1, -0.05) is 18.2 Å². The molecule has 91 valence electrons. The van der Waals surface area contributed by atoms with Gasteiger partial charge in [0.05, 0.1) is 17.9 Å². The maximum absolute atomic E-state index is 11.8. The molecule has 0 heterocycles. The van der Waals surface area contributed by atoms with E-state index in [-0.39, 0.29) is 34.5 Å². The van der Waals surface area contributed by atoms with E-state index in [2.05, 4.69) is 4.18 Å². The maximum Gasteiger partial charge on any atom is 0.391 e. The Morgan fingerprint density at radius 2 is 1.65 bits per heavy atom. The molecule has 1 aromatic carbocycles. The minimum atomic E-state index is -4.42. The molecule has 17 heavy (non-hydrogen) atoms. The monoisotopic (exact) mass is 277 g/mol. The van der Waals surface area contributed by atoms with Gasteiger partial charge in [-0.25, -0.2) is 0 Å². The molecule has 0 aliphatic rings. The van der Waals surface area contributed by atoms with Gasteiger partial charge in [-0.15, -0.1) is 0 Å². The fraction of sp³-hybridized carbons (Fsp3) is 0.333. The number of halogens is 3. The van der Waals surface area contributed by atoms with E-state index in [0.717, 1.165) is 0 Å². The molecule has 0 amide bonds. The average molecular weight is 277 g/mol. The van der Waals surface area contributed by atoms with E-state index in [4.69, 9.17) is 0 Å². The standard InChI is InChI=1S/C9H9F3O3S.Na/c10-9(11,12)6-7-15-16(13,14)8-4-2-1-3-5-8;/h1-5H,6-7H2;. The van der Waals surface area contributed by atoms with Crippen LogP contribution in [0, 0.1) is 0 Å². The number of hydrogen-bond donors (Lipinski definition) is 0. The van der Waals surface area contributed by atoms with E-state index in [9.17, 15) is 21.6 Å². The predicted octanol–water partition coefficient (Wildman–Crippen LogP) is 1.96. The first-order valence-electron chi connectivity index (χ1n) is 4.32. The van der Waals surface area contributed by atoms with Crippen molar-refractivity contribution in [2.75, 3.05) is 6.61 Å². The third-order valence-electron chi connectivity index (χ3n) is 1.66. The van der Waals surface area contributed by atoms with Crippen molar-refractivity contribution in [3.63, 3.8) is 0 Å². The van der Waals surface area contributed by atoms with E-state index in [0.29, 0.717) is 0 Å². The second-order valence-corrected chi connectivity index (χ2v) is 4.57. The molecule has 0 N–H and O–H groups in total. The normalized spacial score (nSPS) is 11.9. The molecule has 0 atom stereocenters. The molecule has 0 spiro atoms. The number of alkyl halides is 3. The van der Waals surface area contributed by atoms with Crippen LogP contribution in [0.1, 0.15) is 6.42 Å². The van der Waals surface area contributed by atoms with Crippen molar-refractivity contribution in [3.05, 3.63) is 30.3 Å². The van der Waals surface area contributed by atoms with Crippen molar-refractivity contribution >= 4 is 39.7 Å². The van der Waals surface area contributed by atoms with Gasteiger partial charge in [0.2, 0.25) is 0 Å². The zero-order chi connectivity index (χ0) is 12.2. The summed E-state index contributed by atoms with van der Waals surface area (Å²) in [7, 11) is -4.08. The van der Waals surface area contributed by atoms with Crippen LogP contribution in [0.2, 0.25) is 0 Å². The molecule has 0 aliphatic heterocycles. The van der Waals surface area contributed by atoms with Crippen LogP contribution >= 0.6 is 0 Å². The van der Waals surface area contributed by atoms with Gasteiger partial charge in [0.1, 0.15) is 0 Å². The van der Waals surface area contributed by atoms with Gasteiger partial charge < -0.3 is 0 Å². The third-order valence-corrected chi connectivity index (χ3v) is 2.98. The number of rotatable bonds is 4. The summed E-state index contributed by atoms with van der Waals surface area (Å²) in [6.45, 7) is -0.902. The Morgan fingerprint density at radius 3 is 2.12 bits per heavy atom. The fourth-order valence-electron chi connectivity index (χ4n) is 0.922. The van der Waals surface area contributed by atoms with Crippen LogP contribution in [0.5, 0.6) is 0 Å². The maximum atomic E-state index is 11.8. The average Bonchev–Trinajstić information content (AvgIpc) is 2.17. The summed E-state index contributed by atoms with van der Waals surface area (Å²) in [6.07, 6.45) is -5.72. The van der Waals surface area contributed by atoms with E-state index < -0.39 is 29.3 Å². The van der Waals surface area contributed by atoms with Gasteiger partial charge in [-0.2, -0.15) is 21.6 Å². The van der Waals surface area contributed by atoms with Crippen LogP contribution in [-0.2, 0) is 14.3 Å². The molecule has 1 aromatic rings. The Bertz CT molecular complexity index is 431. The number of hydrogen-bond acceptors (Lipinski definition) is 3. The van der Waals surface area contributed by atoms with E-state index in [1.54, 1.807) is 6.07 Å². The predicted molar refractivity (Wildman–Crippen MR) is 56.0 cm³/mol. The molecule has 1 radical (unpaired) electrons. The van der Waals surface area contributed by atoms with E-state index in [1.807, 2.05) is 0 Å². The van der Waals surface area contributed by atoms with Gasteiger partial charge in [0.25, 0.3) is 10.1 Å². The first-order chi connectivity index (χ1) is 7.31. The quantitative estimate of drug-likeness (QED) is 0.624. The van der Waals surface area contributed by atoms with Crippen molar-refractivity contribution in [2.24, 2.45) is 0 Å². The van der Waals surface area contributed by atoms with Crippen LogP contribution in [0.3, 0.4) is 0 Å². The minimum absolute atomic E-state index is 0. The Morgan fingerprint density at radius 1 is 1.12 bits per heavy atom. The van der Waals surface area contributed by atoms with Crippen LogP contribution in [0.15, 0.2) is 35.2 Å². The molecule has 0 bridgehead atoms. The zero-order valence-electron chi connectivity index (χ0n) is 9.07. The molecule has 0 fully saturated rings. The summed E-state index contributed by atoms with van der Waals surface area (Å²) in [5, 5.41) is 0. The molecule has 0 saturated carbocycles. The molecule has 0 unspecified atom stereocenters. The molecular formula is C9H9F3NaO3S. The van der Waals surface area contributed by atoms with Crippen molar-refractivity contribution in [2.45, 2.75) is 17.5 Å². The fourth-order valence-corrected chi connectivity index (χ4v) is 1.85. The van der Waals surface area contributed by atoms with Gasteiger partial charge in [0.15, 0.2) is 0 Å². The largest absolute Gasteiger partial charge is 0.391 e. The van der Waals surface area contributed by atoms with Crippen molar-refractivity contribution < 1.29 is 25.8 Å². The minimum Gasteiger partial charge on any atom is -0.266 e.